The molecule has 5 heteroatoms. The third kappa shape index (κ3) is 2.27. The number of ether oxygens (including phenoxy) is 1. The Morgan fingerprint density at radius 2 is 2.17 bits per heavy atom. The number of nitrogens with one attached hydrogen (secondary N) is 1. The van der Waals surface area contributed by atoms with Crippen LogP contribution in [0.1, 0.15) is 13.3 Å². The molecule has 0 saturated carbocycles. The first-order valence-electron chi connectivity index (χ1n) is 6.78. The third-order valence-electron chi connectivity index (χ3n) is 3.74. The van der Waals surface area contributed by atoms with E-state index in [-0.39, 0.29) is 0 Å². The fraction of sp³-hybridized carbons (Fsp3) is 0.692. The highest BCUT2D eigenvalue weighted by molar-refractivity contribution is 5.34. The lowest BCUT2D eigenvalue weighted by atomic mass is 10.0. The molecule has 0 radical (unpaired) electrons. The highest BCUT2D eigenvalue weighted by atomic mass is 16.5. The number of anilines is 1. The first-order chi connectivity index (χ1) is 8.86. The first-order valence-corrected chi connectivity index (χ1v) is 6.78. The lowest BCUT2D eigenvalue weighted by Gasteiger charge is -2.17. The Balaban J connectivity index is 1.69. The summed E-state index contributed by atoms with van der Waals surface area (Å²) in [6, 6.07) is 1.83. The summed E-state index contributed by atoms with van der Waals surface area (Å²) in [4.78, 5) is 11.1. The molecule has 5 nitrogen and oxygen atoms in total. The third-order valence-corrected chi connectivity index (χ3v) is 3.74. The van der Waals surface area contributed by atoms with Crippen molar-refractivity contribution in [3.05, 3.63) is 12.3 Å². The van der Waals surface area contributed by atoms with Gasteiger partial charge in [-0.1, -0.05) is 6.92 Å². The summed E-state index contributed by atoms with van der Waals surface area (Å²) in [7, 11) is 0. The Hall–Kier alpha value is -1.36. The van der Waals surface area contributed by atoms with Crippen LogP contribution in [0, 0.1) is 11.8 Å². The minimum atomic E-state index is 0.692. The average Bonchev–Trinajstić information content (AvgIpc) is 2.97. The first kappa shape index (κ1) is 11.7. The molecule has 2 saturated heterocycles. The van der Waals surface area contributed by atoms with Crippen LogP contribution in [0.25, 0.3) is 0 Å². The van der Waals surface area contributed by atoms with E-state index in [1.165, 1.54) is 0 Å². The van der Waals surface area contributed by atoms with Gasteiger partial charge in [0.2, 0.25) is 11.8 Å². The molecule has 0 bridgehead atoms. The van der Waals surface area contributed by atoms with E-state index < -0.39 is 0 Å². The van der Waals surface area contributed by atoms with Gasteiger partial charge in [-0.15, -0.1) is 0 Å². The van der Waals surface area contributed by atoms with Crippen LogP contribution in [0.4, 0.5) is 5.95 Å². The molecular formula is C13H20N4O. The highest BCUT2D eigenvalue weighted by Gasteiger charge is 2.37. The monoisotopic (exact) mass is 248 g/mol. The minimum Gasteiger partial charge on any atom is -0.478 e. The van der Waals surface area contributed by atoms with E-state index in [0.29, 0.717) is 12.5 Å². The molecule has 18 heavy (non-hydrogen) atoms. The standard InChI is InChI=1S/C13H20N4O/c1-2-5-18-12-3-4-15-13(16-12)17-8-10-6-14-7-11(10)9-17/h3-4,10-11,14H,2,5-9H2,1H3. The largest absolute Gasteiger partial charge is 0.478 e. The van der Waals surface area contributed by atoms with Gasteiger partial charge in [0.15, 0.2) is 0 Å². The van der Waals surface area contributed by atoms with Crippen LogP contribution in [0.5, 0.6) is 5.88 Å². The number of hydrogen-bond acceptors (Lipinski definition) is 5. The topological polar surface area (TPSA) is 50.3 Å². The second-order valence-electron chi connectivity index (χ2n) is 5.13. The molecule has 1 aromatic rings. The Morgan fingerprint density at radius 1 is 1.39 bits per heavy atom. The van der Waals surface area contributed by atoms with Gasteiger partial charge >= 0.3 is 0 Å². The highest BCUT2D eigenvalue weighted by Crippen LogP contribution is 2.29. The molecule has 98 valence electrons. The van der Waals surface area contributed by atoms with Gasteiger partial charge in [0.05, 0.1) is 6.61 Å². The van der Waals surface area contributed by atoms with E-state index >= 15 is 0 Å². The Kier molecular flexibility index (Phi) is 3.32. The van der Waals surface area contributed by atoms with E-state index in [4.69, 9.17) is 4.74 Å². The Labute approximate surface area is 108 Å². The van der Waals surface area contributed by atoms with Gasteiger partial charge in [0, 0.05) is 38.4 Å². The molecule has 0 aromatic carbocycles. The molecule has 0 amide bonds. The van der Waals surface area contributed by atoms with Crippen molar-refractivity contribution in [1.82, 2.24) is 15.3 Å². The molecule has 3 heterocycles. The maximum absolute atomic E-state index is 5.56. The number of fused-ring (bicyclic) bond motifs is 1. The van der Waals surface area contributed by atoms with Gasteiger partial charge in [-0.25, -0.2) is 4.98 Å². The predicted molar refractivity (Wildman–Crippen MR) is 69.9 cm³/mol. The lowest BCUT2D eigenvalue weighted by molar-refractivity contribution is 0.305. The molecule has 0 spiro atoms. The van der Waals surface area contributed by atoms with Crippen LogP contribution in [0.3, 0.4) is 0 Å². The number of aromatic nitrogens is 2. The maximum atomic E-state index is 5.56. The van der Waals surface area contributed by atoms with Gasteiger partial charge in [-0.05, 0) is 18.3 Å². The van der Waals surface area contributed by atoms with Crippen LogP contribution in [-0.4, -0.2) is 42.8 Å². The van der Waals surface area contributed by atoms with Crippen molar-refractivity contribution in [3.8, 4) is 5.88 Å². The fourth-order valence-corrected chi connectivity index (χ4v) is 2.79. The number of rotatable bonds is 4. The summed E-state index contributed by atoms with van der Waals surface area (Å²) in [6.07, 6.45) is 2.79. The molecule has 2 aliphatic rings. The van der Waals surface area contributed by atoms with Crippen molar-refractivity contribution in [2.75, 3.05) is 37.7 Å². The van der Waals surface area contributed by atoms with Gasteiger partial charge in [0.1, 0.15) is 0 Å². The van der Waals surface area contributed by atoms with Crippen molar-refractivity contribution < 1.29 is 4.74 Å². The summed E-state index contributed by atoms with van der Waals surface area (Å²) >= 11 is 0. The van der Waals surface area contributed by atoms with Crippen LogP contribution in [-0.2, 0) is 0 Å². The molecule has 2 unspecified atom stereocenters. The SMILES string of the molecule is CCCOc1ccnc(N2CC3CNCC3C2)n1. The second kappa shape index (κ2) is 5.10. The molecule has 2 atom stereocenters. The van der Waals surface area contributed by atoms with Crippen molar-refractivity contribution >= 4 is 5.95 Å². The van der Waals surface area contributed by atoms with Crippen molar-refractivity contribution in [2.24, 2.45) is 11.8 Å². The van der Waals surface area contributed by atoms with Crippen molar-refractivity contribution in [3.63, 3.8) is 0 Å². The van der Waals surface area contributed by atoms with E-state index in [2.05, 4.69) is 27.1 Å². The van der Waals surface area contributed by atoms with Crippen LogP contribution in [0.15, 0.2) is 12.3 Å². The van der Waals surface area contributed by atoms with E-state index in [1.54, 1.807) is 6.20 Å². The zero-order valence-corrected chi connectivity index (χ0v) is 10.8. The maximum Gasteiger partial charge on any atom is 0.228 e. The van der Waals surface area contributed by atoms with E-state index in [0.717, 1.165) is 50.4 Å². The summed E-state index contributed by atoms with van der Waals surface area (Å²) in [6.45, 7) is 7.20. The van der Waals surface area contributed by atoms with Gasteiger partial charge in [-0.3, -0.25) is 0 Å². The predicted octanol–water partition coefficient (Wildman–Crippen LogP) is 0.921. The summed E-state index contributed by atoms with van der Waals surface area (Å²) in [5.41, 5.74) is 0. The van der Waals surface area contributed by atoms with E-state index in [9.17, 15) is 0 Å². The van der Waals surface area contributed by atoms with Gasteiger partial charge < -0.3 is 15.0 Å². The Bertz CT molecular complexity index is 400. The minimum absolute atomic E-state index is 0.692. The summed E-state index contributed by atoms with van der Waals surface area (Å²) in [5, 5.41) is 3.44. The summed E-state index contributed by atoms with van der Waals surface area (Å²) in [5.74, 6) is 3.03. The van der Waals surface area contributed by atoms with E-state index in [1.807, 2.05) is 6.07 Å². The van der Waals surface area contributed by atoms with Gasteiger partial charge in [-0.2, -0.15) is 4.98 Å². The molecular weight excluding hydrogens is 228 g/mol. The van der Waals surface area contributed by atoms with Gasteiger partial charge in [0.25, 0.3) is 0 Å². The second-order valence-corrected chi connectivity index (χ2v) is 5.13. The molecule has 1 aromatic heterocycles. The fourth-order valence-electron chi connectivity index (χ4n) is 2.79. The molecule has 2 aliphatic heterocycles. The zero-order valence-electron chi connectivity index (χ0n) is 10.8. The molecule has 1 N–H and O–H groups in total. The normalized spacial score (nSPS) is 26.4. The molecule has 0 aliphatic carbocycles. The zero-order chi connectivity index (χ0) is 12.4. The number of hydrogen-bond donors (Lipinski definition) is 1. The van der Waals surface area contributed by atoms with Crippen LogP contribution >= 0.6 is 0 Å². The smallest absolute Gasteiger partial charge is 0.228 e. The average molecular weight is 248 g/mol. The number of nitrogens with zero attached hydrogens (tertiary/aromatic N) is 3. The Morgan fingerprint density at radius 3 is 2.89 bits per heavy atom. The molecule has 3 rings (SSSR count). The summed E-state index contributed by atoms with van der Waals surface area (Å²) < 4.78 is 5.56. The van der Waals surface area contributed by atoms with Crippen LogP contribution in [0.2, 0.25) is 0 Å². The van der Waals surface area contributed by atoms with Crippen molar-refractivity contribution in [2.45, 2.75) is 13.3 Å². The molecule has 2 fully saturated rings. The van der Waals surface area contributed by atoms with Crippen molar-refractivity contribution in [1.29, 1.82) is 0 Å². The van der Waals surface area contributed by atoms with Crippen LogP contribution < -0.4 is 15.0 Å². The lowest BCUT2D eigenvalue weighted by Crippen LogP contribution is -2.27. The quantitative estimate of drug-likeness (QED) is 0.858.